The van der Waals surface area contributed by atoms with Crippen LogP contribution in [0.3, 0.4) is 0 Å². The van der Waals surface area contributed by atoms with Crippen LogP contribution in [-0.4, -0.2) is 9.78 Å². The maximum Gasteiger partial charge on any atom is 0.0693 e. The Morgan fingerprint density at radius 1 is 1.50 bits per heavy atom. The highest BCUT2D eigenvalue weighted by atomic mass is 15.3. The predicted molar refractivity (Wildman–Crippen MR) is 62.9 cm³/mol. The molecule has 3 nitrogen and oxygen atoms in total. The van der Waals surface area contributed by atoms with Crippen molar-refractivity contribution in [3.05, 3.63) is 17.5 Å². The van der Waals surface area contributed by atoms with E-state index in [1.54, 1.807) is 0 Å². The first-order valence-electron chi connectivity index (χ1n) is 6.20. The average Bonchev–Trinajstić information content (AvgIpc) is 2.65. The van der Waals surface area contributed by atoms with E-state index in [0.29, 0.717) is 0 Å². The zero-order valence-corrected chi connectivity index (χ0v) is 10.2. The third-order valence-corrected chi connectivity index (χ3v) is 3.64. The minimum absolute atomic E-state index is 0.0854. The van der Waals surface area contributed by atoms with Crippen molar-refractivity contribution in [2.45, 2.75) is 52.5 Å². The van der Waals surface area contributed by atoms with Crippen LogP contribution < -0.4 is 0 Å². The Morgan fingerprint density at radius 2 is 2.25 bits per heavy atom. The van der Waals surface area contributed by atoms with Gasteiger partial charge in [0.15, 0.2) is 0 Å². The Hall–Kier alpha value is -1.30. The highest BCUT2D eigenvalue weighted by Gasteiger charge is 2.38. The zero-order valence-electron chi connectivity index (χ0n) is 10.2. The molecule has 0 spiro atoms. The van der Waals surface area contributed by atoms with E-state index < -0.39 is 0 Å². The second kappa shape index (κ2) is 4.29. The van der Waals surface area contributed by atoms with E-state index in [0.717, 1.165) is 37.9 Å². The minimum atomic E-state index is -0.0854. The molecule has 0 atom stereocenters. The molecule has 1 aromatic heterocycles. The lowest BCUT2D eigenvalue weighted by Crippen LogP contribution is -2.30. The van der Waals surface area contributed by atoms with Gasteiger partial charge in [0.25, 0.3) is 0 Å². The van der Waals surface area contributed by atoms with Crippen LogP contribution in [0.15, 0.2) is 6.07 Å². The molecule has 1 heterocycles. The van der Waals surface area contributed by atoms with Gasteiger partial charge in [0, 0.05) is 18.7 Å². The van der Waals surface area contributed by atoms with E-state index in [1.165, 1.54) is 12.1 Å². The number of hydrogen-bond donors (Lipinski definition) is 0. The Morgan fingerprint density at radius 3 is 2.69 bits per heavy atom. The summed E-state index contributed by atoms with van der Waals surface area (Å²) in [5.41, 5.74) is 2.29. The molecule has 1 aliphatic rings. The first-order chi connectivity index (χ1) is 7.73. The normalized spacial score (nSPS) is 17.8. The van der Waals surface area contributed by atoms with Gasteiger partial charge in [0.1, 0.15) is 0 Å². The topological polar surface area (TPSA) is 41.6 Å². The molecule has 0 bridgehead atoms. The van der Waals surface area contributed by atoms with Gasteiger partial charge in [-0.05, 0) is 32.3 Å². The Kier molecular flexibility index (Phi) is 3.00. The Labute approximate surface area is 97.1 Å². The van der Waals surface area contributed by atoms with E-state index in [1.807, 2.05) is 0 Å². The lowest BCUT2D eigenvalue weighted by atomic mass is 9.67. The largest absolute Gasteiger partial charge is 0.270 e. The van der Waals surface area contributed by atoms with Crippen LogP contribution in [0.1, 0.15) is 44.5 Å². The first kappa shape index (κ1) is 11.2. The SMILES string of the molecule is CCc1cc(CC2(C#N)CCC2)n(CC)n1. The standard InChI is InChI=1S/C13H19N3/c1-3-11-8-12(16(4-2)15-11)9-13(10-14)6-5-7-13/h8H,3-7,9H2,1-2H3. The van der Waals surface area contributed by atoms with Crippen LogP contribution >= 0.6 is 0 Å². The number of rotatable bonds is 4. The van der Waals surface area contributed by atoms with Crippen molar-refractivity contribution >= 4 is 0 Å². The smallest absolute Gasteiger partial charge is 0.0693 e. The van der Waals surface area contributed by atoms with Gasteiger partial charge in [0.2, 0.25) is 0 Å². The average molecular weight is 217 g/mol. The van der Waals surface area contributed by atoms with Gasteiger partial charge in [-0.1, -0.05) is 13.3 Å². The van der Waals surface area contributed by atoms with Crippen LogP contribution in [0.25, 0.3) is 0 Å². The molecule has 0 amide bonds. The lowest BCUT2D eigenvalue weighted by Gasteiger charge is -2.35. The summed E-state index contributed by atoms with van der Waals surface area (Å²) in [6, 6.07) is 4.67. The van der Waals surface area contributed by atoms with Gasteiger partial charge in [-0.15, -0.1) is 0 Å². The quantitative estimate of drug-likeness (QED) is 0.778. The molecule has 16 heavy (non-hydrogen) atoms. The molecule has 0 aromatic carbocycles. The lowest BCUT2D eigenvalue weighted by molar-refractivity contribution is 0.209. The van der Waals surface area contributed by atoms with Crippen molar-refractivity contribution in [1.29, 1.82) is 5.26 Å². The molecule has 3 heteroatoms. The van der Waals surface area contributed by atoms with Crippen molar-refractivity contribution in [2.75, 3.05) is 0 Å². The zero-order chi connectivity index (χ0) is 11.6. The molecule has 0 saturated heterocycles. The van der Waals surface area contributed by atoms with Gasteiger partial charge in [-0.3, -0.25) is 4.68 Å². The molecular formula is C13H19N3. The molecule has 1 fully saturated rings. The summed E-state index contributed by atoms with van der Waals surface area (Å²) in [6.07, 6.45) is 5.16. The summed E-state index contributed by atoms with van der Waals surface area (Å²) in [5, 5.41) is 13.8. The summed E-state index contributed by atoms with van der Waals surface area (Å²) in [4.78, 5) is 0. The monoisotopic (exact) mass is 217 g/mol. The molecular weight excluding hydrogens is 198 g/mol. The highest BCUT2D eigenvalue weighted by molar-refractivity contribution is 5.17. The minimum Gasteiger partial charge on any atom is -0.270 e. The van der Waals surface area contributed by atoms with Crippen molar-refractivity contribution < 1.29 is 0 Å². The van der Waals surface area contributed by atoms with E-state index in [-0.39, 0.29) is 5.41 Å². The third-order valence-electron chi connectivity index (χ3n) is 3.64. The first-order valence-corrected chi connectivity index (χ1v) is 6.20. The van der Waals surface area contributed by atoms with Gasteiger partial charge in [0.05, 0.1) is 17.2 Å². The number of hydrogen-bond acceptors (Lipinski definition) is 2. The van der Waals surface area contributed by atoms with E-state index >= 15 is 0 Å². The van der Waals surface area contributed by atoms with Gasteiger partial charge >= 0.3 is 0 Å². The van der Waals surface area contributed by atoms with Crippen LogP contribution in [0, 0.1) is 16.7 Å². The molecule has 86 valence electrons. The molecule has 0 aliphatic heterocycles. The van der Waals surface area contributed by atoms with Gasteiger partial charge in [-0.25, -0.2) is 0 Å². The summed E-state index contributed by atoms with van der Waals surface area (Å²) in [7, 11) is 0. The van der Waals surface area contributed by atoms with Crippen LogP contribution in [0.5, 0.6) is 0 Å². The van der Waals surface area contributed by atoms with E-state index in [2.05, 4.69) is 35.8 Å². The highest BCUT2D eigenvalue weighted by Crippen LogP contribution is 2.43. The van der Waals surface area contributed by atoms with E-state index in [4.69, 9.17) is 0 Å². The number of aromatic nitrogens is 2. The number of nitrogens with zero attached hydrogens (tertiary/aromatic N) is 3. The fourth-order valence-corrected chi connectivity index (χ4v) is 2.38. The number of aryl methyl sites for hydroxylation is 2. The van der Waals surface area contributed by atoms with Crippen LogP contribution in [0.2, 0.25) is 0 Å². The van der Waals surface area contributed by atoms with E-state index in [9.17, 15) is 5.26 Å². The fraction of sp³-hybridized carbons (Fsp3) is 0.692. The summed E-state index contributed by atoms with van der Waals surface area (Å²) < 4.78 is 2.05. The van der Waals surface area contributed by atoms with Crippen LogP contribution in [-0.2, 0) is 19.4 Å². The van der Waals surface area contributed by atoms with Crippen molar-refractivity contribution in [2.24, 2.45) is 5.41 Å². The van der Waals surface area contributed by atoms with Crippen LogP contribution in [0.4, 0.5) is 0 Å². The molecule has 0 unspecified atom stereocenters. The van der Waals surface area contributed by atoms with Gasteiger partial charge in [-0.2, -0.15) is 10.4 Å². The molecule has 0 N–H and O–H groups in total. The molecule has 0 radical (unpaired) electrons. The predicted octanol–water partition coefficient (Wildman–Crippen LogP) is 2.70. The maximum atomic E-state index is 9.25. The molecule has 1 aromatic rings. The Bertz CT molecular complexity index is 407. The van der Waals surface area contributed by atoms with Crippen molar-refractivity contribution in [3.63, 3.8) is 0 Å². The third kappa shape index (κ3) is 1.84. The maximum absolute atomic E-state index is 9.25. The summed E-state index contributed by atoms with van der Waals surface area (Å²) >= 11 is 0. The summed E-state index contributed by atoms with van der Waals surface area (Å²) in [6.45, 7) is 5.13. The fourth-order valence-electron chi connectivity index (χ4n) is 2.38. The molecule has 1 saturated carbocycles. The van der Waals surface area contributed by atoms with Crippen molar-refractivity contribution in [1.82, 2.24) is 9.78 Å². The summed E-state index contributed by atoms with van der Waals surface area (Å²) in [5.74, 6) is 0. The Balaban J connectivity index is 2.20. The molecule has 1 aliphatic carbocycles. The number of nitriles is 1. The second-order valence-electron chi connectivity index (χ2n) is 4.72. The second-order valence-corrected chi connectivity index (χ2v) is 4.72. The molecule has 2 rings (SSSR count). The van der Waals surface area contributed by atoms with Crippen molar-refractivity contribution in [3.8, 4) is 6.07 Å². The van der Waals surface area contributed by atoms with Gasteiger partial charge < -0.3 is 0 Å².